The smallest absolute Gasteiger partial charge is 0.305 e. The molecular formula is C15H22N2O4. The van der Waals surface area contributed by atoms with E-state index in [1.165, 1.54) is 0 Å². The van der Waals surface area contributed by atoms with E-state index < -0.39 is 12.0 Å². The van der Waals surface area contributed by atoms with Gasteiger partial charge in [0.15, 0.2) is 0 Å². The second-order valence-electron chi connectivity index (χ2n) is 5.16. The van der Waals surface area contributed by atoms with E-state index in [1.807, 2.05) is 6.07 Å². The zero-order valence-electron chi connectivity index (χ0n) is 12.5. The van der Waals surface area contributed by atoms with Gasteiger partial charge in [-0.25, -0.2) is 0 Å². The molecule has 0 aromatic heterocycles. The highest BCUT2D eigenvalue weighted by molar-refractivity contribution is 5.70. The van der Waals surface area contributed by atoms with E-state index in [2.05, 4.69) is 4.90 Å². The Morgan fingerprint density at radius 2 is 1.90 bits per heavy atom. The van der Waals surface area contributed by atoms with Gasteiger partial charge in [0.25, 0.3) is 0 Å². The number of nitrogens with zero attached hydrogens (tertiary/aromatic N) is 1. The van der Waals surface area contributed by atoms with Crippen LogP contribution in [-0.2, 0) is 4.79 Å². The standard InChI is InChI=1S/C15H22N2O4/c1-20-13-9-12(17-5-3-4-6-17)14(21-2)7-10(13)11(16)8-15(18)19/h7,9,11H,3-6,8,16H2,1-2H3,(H,18,19). The summed E-state index contributed by atoms with van der Waals surface area (Å²) in [5.41, 5.74) is 7.59. The Balaban J connectivity index is 2.39. The van der Waals surface area contributed by atoms with E-state index in [-0.39, 0.29) is 6.42 Å². The molecule has 1 atom stereocenters. The maximum Gasteiger partial charge on any atom is 0.305 e. The highest BCUT2D eigenvalue weighted by atomic mass is 16.5. The summed E-state index contributed by atoms with van der Waals surface area (Å²) in [6.07, 6.45) is 2.17. The fourth-order valence-corrected chi connectivity index (χ4v) is 2.70. The van der Waals surface area contributed by atoms with Crippen molar-refractivity contribution in [2.24, 2.45) is 5.73 Å². The minimum atomic E-state index is -0.938. The Morgan fingerprint density at radius 3 is 2.43 bits per heavy atom. The molecule has 0 spiro atoms. The van der Waals surface area contributed by atoms with E-state index in [1.54, 1.807) is 20.3 Å². The highest BCUT2D eigenvalue weighted by Crippen LogP contribution is 2.39. The third-order valence-corrected chi connectivity index (χ3v) is 3.77. The van der Waals surface area contributed by atoms with Crippen LogP contribution in [0.3, 0.4) is 0 Å². The fourth-order valence-electron chi connectivity index (χ4n) is 2.70. The Kier molecular flexibility index (Phi) is 4.90. The third-order valence-electron chi connectivity index (χ3n) is 3.77. The molecule has 6 heteroatoms. The molecule has 1 unspecified atom stereocenters. The number of nitrogens with two attached hydrogens (primary N) is 1. The van der Waals surface area contributed by atoms with Crippen molar-refractivity contribution in [3.05, 3.63) is 17.7 Å². The summed E-state index contributed by atoms with van der Waals surface area (Å²) in [5, 5.41) is 8.90. The summed E-state index contributed by atoms with van der Waals surface area (Å²) in [4.78, 5) is 13.1. The van der Waals surface area contributed by atoms with Gasteiger partial charge in [-0.3, -0.25) is 4.79 Å². The van der Waals surface area contributed by atoms with E-state index in [9.17, 15) is 4.79 Å². The maximum atomic E-state index is 10.9. The number of anilines is 1. The van der Waals surface area contributed by atoms with Crippen LogP contribution in [0.15, 0.2) is 12.1 Å². The van der Waals surface area contributed by atoms with Crippen molar-refractivity contribution in [2.75, 3.05) is 32.2 Å². The van der Waals surface area contributed by atoms with E-state index >= 15 is 0 Å². The number of rotatable bonds is 6. The van der Waals surface area contributed by atoms with Gasteiger partial charge in [-0.15, -0.1) is 0 Å². The molecule has 1 aliphatic rings. The number of ether oxygens (including phenoxy) is 2. The average Bonchev–Trinajstić information content (AvgIpc) is 2.99. The molecule has 0 saturated carbocycles. The number of methoxy groups -OCH3 is 2. The molecule has 3 N–H and O–H groups in total. The van der Waals surface area contributed by atoms with Gasteiger partial charge in [-0.05, 0) is 18.9 Å². The molecular weight excluding hydrogens is 272 g/mol. The van der Waals surface area contributed by atoms with Crippen molar-refractivity contribution < 1.29 is 19.4 Å². The summed E-state index contributed by atoms with van der Waals surface area (Å²) in [6.45, 7) is 1.97. The molecule has 0 radical (unpaired) electrons. The van der Waals surface area contributed by atoms with Gasteiger partial charge in [0.1, 0.15) is 11.5 Å². The second-order valence-corrected chi connectivity index (χ2v) is 5.16. The van der Waals surface area contributed by atoms with Gasteiger partial charge >= 0.3 is 5.97 Å². The lowest BCUT2D eigenvalue weighted by Gasteiger charge is -2.24. The summed E-state index contributed by atoms with van der Waals surface area (Å²) < 4.78 is 10.8. The molecule has 6 nitrogen and oxygen atoms in total. The van der Waals surface area contributed by atoms with Crippen LogP contribution in [0.2, 0.25) is 0 Å². The SMILES string of the molecule is COc1cc(N2CCCC2)c(OC)cc1C(N)CC(=O)O. The lowest BCUT2D eigenvalue weighted by molar-refractivity contribution is -0.137. The van der Waals surface area contributed by atoms with Crippen molar-refractivity contribution in [3.63, 3.8) is 0 Å². The van der Waals surface area contributed by atoms with Crippen molar-refractivity contribution in [1.29, 1.82) is 0 Å². The Hall–Kier alpha value is -1.95. The van der Waals surface area contributed by atoms with Gasteiger partial charge in [0, 0.05) is 30.8 Å². The van der Waals surface area contributed by atoms with Crippen LogP contribution in [0.1, 0.15) is 30.9 Å². The quantitative estimate of drug-likeness (QED) is 0.832. The van der Waals surface area contributed by atoms with Crippen LogP contribution >= 0.6 is 0 Å². The molecule has 0 amide bonds. The summed E-state index contributed by atoms with van der Waals surface area (Å²) in [5.74, 6) is 0.368. The number of aliphatic carboxylic acids is 1. The van der Waals surface area contributed by atoms with Gasteiger partial charge in [-0.2, -0.15) is 0 Å². The van der Waals surface area contributed by atoms with Gasteiger partial charge in [0.2, 0.25) is 0 Å². The Morgan fingerprint density at radius 1 is 1.29 bits per heavy atom. The van der Waals surface area contributed by atoms with Crippen molar-refractivity contribution in [1.82, 2.24) is 0 Å². The predicted octanol–water partition coefficient (Wildman–Crippen LogP) is 1.78. The first kappa shape index (κ1) is 15.4. The molecule has 1 aromatic carbocycles. The van der Waals surface area contributed by atoms with Gasteiger partial charge in [0.05, 0.1) is 26.3 Å². The van der Waals surface area contributed by atoms with Crippen LogP contribution in [0.4, 0.5) is 5.69 Å². The summed E-state index contributed by atoms with van der Waals surface area (Å²) >= 11 is 0. The third kappa shape index (κ3) is 3.39. The predicted molar refractivity (Wildman–Crippen MR) is 80.2 cm³/mol. The number of hydrogen-bond donors (Lipinski definition) is 2. The van der Waals surface area contributed by atoms with Crippen molar-refractivity contribution >= 4 is 11.7 Å². The molecule has 1 saturated heterocycles. The molecule has 21 heavy (non-hydrogen) atoms. The Bertz CT molecular complexity index is 513. The molecule has 0 bridgehead atoms. The minimum Gasteiger partial charge on any atom is -0.496 e. The first-order valence-corrected chi connectivity index (χ1v) is 7.05. The first-order chi connectivity index (χ1) is 10.1. The zero-order valence-corrected chi connectivity index (χ0v) is 12.5. The second kappa shape index (κ2) is 6.67. The normalized spacial score (nSPS) is 15.9. The van der Waals surface area contributed by atoms with E-state index in [0.29, 0.717) is 17.1 Å². The minimum absolute atomic E-state index is 0.150. The molecule has 116 valence electrons. The topological polar surface area (TPSA) is 85.0 Å². The van der Waals surface area contributed by atoms with Crippen LogP contribution in [0.25, 0.3) is 0 Å². The van der Waals surface area contributed by atoms with Crippen molar-refractivity contribution in [3.8, 4) is 11.5 Å². The highest BCUT2D eigenvalue weighted by Gasteiger charge is 2.22. The number of carboxylic acids is 1. The summed E-state index contributed by atoms with van der Waals surface area (Å²) in [7, 11) is 3.17. The van der Waals surface area contributed by atoms with Crippen LogP contribution in [-0.4, -0.2) is 38.4 Å². The fraction of sp³-hybridized carbons (Fsp3) is 0.533. The molecule has 1 aromatic rings. The monoisotopic (exact) mass is 294 g/mol. The molecule has 2 rings (SSSR count). The van der Waals surface area contributed by atoms with Gasteiger partial charge < -0.3 is 25.2 Å². The lowest BCUT2D eigenvalue weighted by Crippen LogP contribution is -2.20. The molecule has 1 aliphatic heterocycles. The molecule has 1 heterocycles. The van der Waals surface area contributed by atoms with Crippen LogP contribution < -0.4 is 20.1 Å². The van der Waals surface area contributed by atoms with E-state index in [0.717, 1.165) is 31.6 Å². The zero-order chi connectivity index (χ0) is 15.4. The summed E-state index contributed by atoms with van der Waals surface area (Å²) in [6, 6.07) is 3.06. The number of hydrogen-bond acceptors (Lipinski definition) is 5. The van der Waals surface area contributed by atoms with Gasteiger partial charge in [-0.1, -0.05) is 0 Å². The maximum absolute atomic E-state index is 10.9. The van der Waals surface area contributed by atoms with E-state index in [4.69, 9.17) is 20.3 Å². The largest absolute Gasteiger partial charge is 0.496 e. The molecule has 1 fully saturated rings. The number of carboxylic acid groups (broad SMARTS) is 1. The Labute approximate surface area is 124 Å². The first-order valence-electron chi connectivity index (χ1n) is 7.05. The van der Waals surface area contributed by atoms with Crippen LogP contribution in [0.5, 0.6) is 11.5 Å². The van der Waals surface area contributed by atoms with Crippen LogP contribution in [0, 0.1) is 0 Å². The van der Waals surface area contributed by atoms with Crippen molar-refractivity contribution in [2.45, 2.75) is 25.3 Å². The molecule has 0 aliphatic carbocycles. The average molecular weight is 294 g/mol. The number of carbonyl (C=O) groups is 1. The number of benzene rings is 1. The lowest BCUT2D eigenvalue weighted by atomic mass is 10.0.